The number of ether oxygens (including phenoxy) is 1. The Kier molecular flexibility index (Phi) is 4.15. The highest BCUT2D eigenvalue weighted by atomic mass is 35.5. The van der Waals surface area contributed by atoms with Crippen molar-refractivity contribution in [3.63, 3.8) is 0 Å². The van der Waals surface area contributed by atoms with Crippen LogP contribution in [0.4, 0.5) is 4.79 Å². The molecule has 0 saturated carbocycles. The quantitative estimate of drug-likeness (QED) is 0.851. The molecule has 1 atom stereocenters. The van der Waals surface area contributed by atoms with E-state index in [1.165, 1.54) is 25.1 Å². The molecular formula is C10H9Cl2NO3. The molecular weight excluding hydrogens is 253 g/mol. The molecule has 0 spiro atoms. The van der Waals surface area contributed by atoms with Crippen LogP contribution < -0.4 is 5.73 Å². The summed E-state index contributed by atoms with van der Waals surface area (Å²) < 4.78 is 4.55. The van der Waals surface area contributed by atoms with Gasteiger partial charge in [-0.25, -0.2) is 4.79 Å². The molecule has 0 aliphatic rings. The number of halogens is 2. The van der Waals surface area contributed by atoms with E-state index in [-0.39, 0.29) is 10.6 Å². The highest BCUT2D eigenvalue weighted by molar-refractivity contribution is 6.37. The number of carbonyl (C=O) groups is 2. The van der Waals surface area contributed by atoms with Crippen LogP contribution in [-0.2, 0) is 4.74 Å². The third kappa shape index (κ3) is 3.12. The van der Waals surface area contributed by atoms with Crippen LogP contribution in [-0.4, -0.2) is 18.0 Å². The lowest BCUT2D eigenvalue weighted by Crippen LogP contribution is -2.27. The van der Waals surface area contributed by atoms with Crippen LogP contribution in [0.15, 0.2) is 18.2 Å². The summed E-state index contributed by atoms with van der Waals surface area (Å²) in [5, 5.41) is 0.627. The molecule has 86 valence electrons. The second kappa shape index (κ2) is 5.18. The maximum absolute atomic E-state index is 11.8. The first-order chi connectivity index (χ1) is 7.41. The van der Waals surface area contributed by atoms with Gasteiger partial charge < -0.3 is 10.5 Å². The minimum atomic E-state index is -1.01. The zero-order valence-corrected chi connectivity index (χ0v) is 9.88. The van der Waals surface area contributed by atoms with Crippen molar-refractivity contribution in [1.29, 1.82) is 0 Å². The Labute approximate surface area is 102 Å². The van der Waals surface area contributed by atoms with Gasteiger partial charge in [0.15, 0.2) is 6.10 Å². The number of ketones is 1. The molecule has 0 fully saturated rings. The van der Waals surface area contributed by atoms with Gasteiger partial charge in [-0.05, 0) is 25.1 Å². The Morgan fingerprint density at radius 3 is 2.50 bits per heavy atom. The summed E-state index contributed by atoms with van der Waals surface area (Å²) in [6, 6.07) is 4.43. The summed E-state index contributed by atoms with van der Waals surface area (Å²) in [5.74, 6) is -0.430. The number of rotatable bonds is 3. The van der Waals surface area contributed by atoms with Crippen molar-refractivity contribution < 1.29 is 14.3 Å². The topological polar surface area (TPSA) is 69.4 Å². The summed E-state index contributed by atoms with van der Waals surface area (Å²) in [4.78, 5) is 22.2. The van der Waals surface area contributed by atoms with Gasteiger partial charge in [0.2, 0.25) is 5.78 Å². The van der Waals surface area contributed by atoms with Crippen molar-refractivity contribution in [2.45, 2.75) is 13.0 Å². The normalized spacial score (nSPS) is 11.9. The molecule has 1 rings (SSSR count). The molecule has 0 radical (unpaired) electrons. The number of nitrogens with two attached hydrogens (primary N) is 1. The molecule has 1 aromatic rings. The Bertz CT molecular complexity index is 434. The second-order valence-corrected chi connectivity index (χ2v) is 3.91. The Morgan fingerprint density at radius 1 is 1.38 bits per heavy atom. The van der Waals surface area contributed by atoms with Gasteiger partial charge in [-0.3, -0.25) is 4.79 Å². The van der Waals surface area contributed by atoms with Crippen molar-refractivity contribution in [2.24, 2.45) is 5.73 Å². The molecule has 0 aliphatic carbocycles. The van der Waals surface area contributed by atoms with Gasteiger partial charge in [-0.2, -0.15) is 0 Å². The van der Waals surface area contributed by atoms with Gasteiger partial charge in [-0.15, -0.1) is 0 Å². The highest BCUT2D eigenvalue weighted by Crippen LogP contribution is 2.22. The number of amides is 1. The number of primary amides is 1. The van der Waals surface area contributed by atoms with Gasteiger partial charge in [0.25, 0.3) is 0 Å². The van der Waals surface area contributed by atoms with Crippen molar-refractivity contribution in [2.75, 3.05) is 0 Å². The van der Waals surface area contributed by atoms with Crippen molar-refractivity contribution in [1.82, 2.24) is 0 Å². The Balaban J connectivity index is 2.92. The minimum absolute atomic E-state index is 0.206. The average molecular weight is 262 g/mol. The second-order valence-electron chi connectivity index (χ2n) is 3.07. The molecule has 0 unspecified atom stereocenters. The van der Waals surface area contributed by atoms with Gasteiger partial charge in [0.05, 0.1) is 5.02 Å². The summed E-state index contributed by atoms with van der Waals surface area (Å²) >= 11 is 11.5. The molecule has 16 heavy (non-hydrogen) atoms. The molecule has 1 amide bonds. The van der Waals surface area contributed by atoms with Crippen LogP contribution in [0.5, 0.6) is 0 Å². The molecule has 0 heterocycles. The molecule has 0 saturated heterocycles. The number of hydrogen-bond acceptors (Lipinski definition) is 3. The van der Waals surface area contributed by atoms with Crippen LogP contribution in [0.25, 0.3) is 0 Å². The smallest absolute Gasteiger partial charge is 0.405 e. The zero-order valence-electron chi connectivity index (χ0n) is 8.37. The Morgan fingerprint density at radius 2 is 2.00 bits per heavy atom. The lowest BCUT2D eigenvalue weighted by Gasteiger charge is -2.11. The SMILES string of the molecule is C[C@@H](OC(N)=O)C(=O)c1ccc(Cl)cc1Cl. The monoisotopic (exact) mass is 261 g/mol. The van der Waals surface area contributed by atoms with Crippen molar-refractivity contribution >= 4 is 35.1 Å². The summed E-state index contributed by atoms with van der Waals surface area (Å²) in [7, 11) is 0. The average Bonchev–Trinajstić information content (AvgIpc) is 2.15. The van der Waals surface area contributed by atoms with E-state index < -0.39 is 18.0 Å². The molecule has 0 bridgehead atoms. The van der Waals surface area contributed by atoms with E-state index in [0.29, 0.717) is 5.02 Å². The van der Waals surface area contributed by atoms with Crippen LogP contribution in [0.3, 0.4) is 0 Å². The van der Waals surface area contributed by atoms with Crippen LogP contribution in [0.1, 0.15) is 17.3 Å². The maximum Gasteiger partial charge on any atom is 0.405 e. The maximum atomic E-state index is 11.8. The third-order valence-electron chi connectivity index (χ3n) is 1.86. The third-order valence-corrected chi connectivity index (χ3v) is 2.41. The highest BCUT2D eigenvalue weighted by Gasteiger charge is 2.20. The van der Waals surface area contributed by atoms with E-state index in [0.717, 1.165) is 0 Å². The molecule has 0 aliphatic heterocycles. The first kappa shape index (κ1) is 12.8. The summed E-state index contributed by atoms with van der Waals surface area (Å²) in [5.41, 5.74) is 5.04. The molecule has 2 N–H and O–H groups in total. The standard InChI is InChI=1S/C10H9Cl2NO3/c1-5(16-10(13)15)9(14)7-3-2-6(11)4-8(7)12/h2-5H,1H3,(H2,13,15)/t5-/m1/s1. The van der Waals surface area contributed by atoms with Crippen LogP contribution in [0.2, 0.25) is 10.0 Å². The number of carbonyl (C=O) groups excluding carboxylic acids is 2. The zero-order chi connectivity index (χ0) is 12.3. The van der Waals surface area contributed by atoms with Crippen LogP contribution in [0, 0.1) is 0 Å². The predicted octanol–water partition coefficient (Wildman–Crippen LogP) is 2.66. The van der Waals surface area contributed by atoms with Gasteiger partial charge in [-0.1, -0.05) is 23.2 Å². The van der Waals surface area contributed by atoms with E-state index in [1.54, 1.807) is 0 Å². The van der Waals surface area contributed by atoms with E-state index in [4.69, 9.17) is 28.9 Å². The van der Waals surface area contributed by atoms with E-state index in [9.17, 15) is 9.59 Å². The van der Waals surface area contributed by atoms with E-state index >= 15 is 0 Å². The largest absolute Gasteiger partial charge is 0.438 e. The summed E-state index contributed by atoms with van der Waals surface area (Å²) in [6.45, 7) is 1.41. The lowest BCUT2D eigenvalue weighted by molar-refractivity contribution is 0.0695. The number of hydrogen-bond donors (Lipinski definition) is 1. The summed E-state index contributed by atoms with van der Waals surface area (Å²) in [6.07, 6.45) is -1.98. The van der Waals surface area contributed by atoms with Gasteiger partial charge in [0.1, 0.15) is 0 Å². The van der Waals surface area contributed by atoms with Crippen molar-refractivity contribution in [3.05, 3.63) is 33.8 Å². The van der Waals surface area contributed by atoms with Crippen molar-refractivity contribution in [3.8, 4) is 0 Å². The number of Topliss-reactive ketones (excluding diaryl/α,β-unsaturated/α-hetero) is 1. The molecule has 1 aromatic carbocycles. The fourth-order valence-electron chi connectivity index (χ4n) is 1.14. The lowest BCUT2D eigenvalue weighted by atomic mass is 10.1. The Hall–Kier alpha value is -1.26. The van der Waals surface area contributed by atoms with Gasteiger partial charge >= 0.3 is 6.09 Å². The van der Waals surface area contributed by atoms with E-state index in [1.807, 2.05) is 0 Å². The fraction of sp³-hybridized carbons (Fsp3) is 0.200. The first-order valence-corrected chi connectivity index (χ1v) is 5.12. The predicted molar refractivity (Wildman–Crippen MR) is 60.9 cm³/mol. The van der Waals surface area contributed by atoms with E-state index in [2.05, 4.69) is 4.74 Å². The van der Waals surface area contributed by atoms with Gasteiger partial charge in [0, 0.05) is 10.6 Å². The fourth-order valence-corrected chi connectivity index (χ4v) is 1.64. The molecule has 0 aromatic heterocycles. The minimum Gasteiger partial charge on any atom is -0.438 e. The molecule has 6 heteroatoms. The van der Waals surface area contributed by atoms with Crippen LogP contribution >= 0.6 is 23.2 Å². The number of benzene rings is 1. The molecule has 4 nitrogen and oxygen atoms in total. The first-order valence-electron chi connectivity index (χ1n) is 4.37.